The maximum atomic E-state index is 13.3. The smallest absolute Gasteiger partial charge is 0.278 e. The highest BCUT2D eigenvalue weighted by Gasteiger charge is 2.42. The Bertz CT molecular complexity index is 936. The zero-order valence-electron chi connectivity index (χ0n) is 18.8. The van der Waals surface area contributed by atoms with Gasteiger partial charge in [0.05, 0.1) is 12.2 Å². The lowest BCUT2D eigenvalue weighted by molar-refractivity contribution is -0.139. The Hall–Kier alpha value is -3.15. The van der Waals surface area contributed by atoms with E-state index in [9.17, 15) is 9.59 Å². The van der Waals surface area contributed by atoms with Crippen molar-refractivity contribution in [3.8, 4) is 5.75 Å². The largest absolute Gasteiger partial charge is 0.494 e. The van der Waals surface area contributed by atoms with Gasteiger partial charge in [-0.25, -0.2) is 0 Å². The summed E-state index contributed by atoms with van der Waals surface area (Å²) in [7, 11) is 0. The average molecular weight is 422 g/mol. The van der Waals surface area contributed by atoms with Crippen molar-refractivity contribution in [1.29, 1.82) is 0 Å². The van der Waals surface area contributed by atoms with E-state index in [4.69, 9.17) is 4.74 Å². The predicted octanol–water partition coefficient (Wildman–Crippen LogP) is 3.92. The van der Waals surface area contributed by atoms with Gasteiger partial charge in [-0.05, 0) is 69.0 Å². The van der Waals surface area contributed by atoms with Crippen molar-refractivity contribution < 1.29 is 14.3 Å². The van der Waals surface area contributed by atoms with Crippen LogP contribution in [-0.2, 0) is 16.0 Å². The van der Waals surface area contributed by atoms with Crippen LogP contribution in [0, 0.1) is 0 Å². The van der Waals surface area contributed by atoms with Gasteiger partial charge in [0.2, 0.25) is 0 Å². The third kappa shape index (κ3) is 4.95. The molecule has 0 radical (unpaired) electrons. The summed E-state index contributed by atoms with van der Waals surface area (Å²) in [5.41, 5.74) is 2.84. The molecule has 0 atom stereocenters. The van der Waals surface area contributed by atoms with E-state index in [1.54, 1.807) is 12.4 Å². The molecule has 6 heteroatoms. The summed E-state index contributed by atoms with van der Waals surface area (Å²) in [6.07, 6.45) is 5.23. The fourth-order valence-electron chi connectivity index (χ4n) is 3.74. The van der Waals surface area contributed by atoms with E-state index >= 15 is 0 Å². The van der Waals surface area contributed by atoms with Gasteiger partial charge in [-0.15, -0.1) is 0 Å². The van der Waals surface area contributed by atoms with Crippen LogP contribution in [-0.4, -0.2) is 52.3 Å². The Balaban J connectivity index is 1.96. The fraction of sp³-hybridized carbons (Fsp3) is 0.400. The Morgan fingerprint density at radius 3 is 2.26 bits per heavy atom. The van der Waals surface area contributed by atoms with Crippen LogP contribution in [0.15, 0.2) is 54.5 Å². The third-order valence-corrected chi connectivity index (χ3v) is 5.34. The quantitative estimate of drug-likeness (QED) is 0.544. The standard InChI is InChI=1S/C25H31N3O3/c1-5-17-31-21-9-7-20(8-10-21)22-23(25(30)28(18(3)4)24(22)29)27(6-2)16-13-19-11-14-26-15-12-19/h7-12,14-15,18H,5-6,13,16-17H2,1-4H3. The van der Waals surface area contributed by atoms with E-state index in [0.717, 1.165) is 29.7 Å². The zero-order chi connectivity index (χ0) is 22.4. The van der Waals surface area contributed by atoms with E-state index in [1.807, 2.05) is 62.1 Å². The van der Waals surface area contributed by atoms with Crippen molar-refractivity contribution in [3.05, 3.63) is 65.6 Å². The lowest BCUT2D eigenvalue weighted by atomic mass is 10.0. The van der Waals surface area contributed by atoms with E-state index < -0.39 is 0 Å². The van der Waals surface area contributed by atoms with Crippen LogP contribution >= 0.6 is 0 Å². The van der Waals surface area contributed by atoms with Gasteiger partial charge in [-0.2, -0.15) is 0 Å². The molecule has 164 valence electrons. The van der Waals surface area contributed by atoms with Crippen LogP contribution in [0.25, 0.3) is 5.57 Å². The van der Waals surface area contributed by atoms with Crippen LogP contribution in [0.1, 0.15) is 45.2 Å². The SMILES string of the molecule is CCCOc1ccc(C2=C(N(CC)CCc3ccncc3)C(=O)N(C(C)C)C2=O)cc1. The van der Waals surface area contributed by atoms with E-state index in [2.05, 4.69) is 11.9 Å². The minimum Gasteiger partial charge on any atom is -0.494 e. The normalized spacial score (nSPS) is 14.0. The topological polar surface area (TPSA) is 62.7 Å². The maximum Gasteiger partial charge on any atom is 0.278 e. The molecule has 1 aromatic heterocycles. The second kappa shape index (κ2) is 10.2. The van der Waals surface area contributed by atoms with Crippen LogP contribution in [0.4, 0.5) is 0 Å². The summed E-state index contributed by atoms with van der Waals surface area (Å²) in [6, 6.07) is 11.2. The van der Waals surface area contributed by atoms with Crippen molar-refractivity contribution in [1.82, 2.24) is 14.8 Å². The summed E-state index contributed by atoms with van der Waals surface area (Å²) in [6.45, 7) is 9.71. The number of likely N-dealkylation sites (N-methyl/N-ethyl adjacent to an activating group) is 1. The molecule has 31 heavy (non-hydrogen) atoms. The Kier molecular flexibility index (Phi) is 7.45. The lowest BCUT2D eigenvalue weighted by Gasteiger charge is -2.25. The molecule has 2 aromatic rings. The van der Waals surface area contributed by atoms with Gasteiger partial charge in [0, 0.05) is 31.5 Å². The summed E-state index contributed by atoms with van der Waals surface area (Å²) in [4.78, 5) is 34.1. The molecule has 1 aliphatic heterocycles. The van der Waals surface area contributed by atoms with Gasteiger partial charge >= 0.3 is 0 Å². The number of hydrogen-bond acceptors (Lipinski definition) is 5. The Morgan fingerprint density at radius 1 is 1.00 bits per heavy atom. The number of aromatic nitrogens is 1. The number of carbonyl (C=O) groups is 2. The van der Waals surface area contributed by atoms with Crippen molar-refractivity contribution in [2.45, 2.75) is 46.6 Å². The molecule has 0 saturated carbocycles. The number of nitrogens with zero attached hydrogens (tertiary/aromatic N) is 3. The summed E-state index contributed by atoms with van der Waals surface area (Å²) in [5, 5.41) is 0. The molecular weight excluding hydrogens is 390 g/mol. The van der Waals surface area contributed by atoms with Gasteiger partial charge in [0.1, 0.15) is 11.4 Å². The molecule has 0 spiro atoms. The van der Waals surface area contributed by atoms with Gasteiger partial charge in [0.15, 0.2) is 0 Å². The monoisotopic (exact) mass is 421 g/mol. The molecule has 0 aliphatic carbocycles. The number of amides is 2. The van der Waals surface area contributed by atoms with Crippen molar-refractivity contribution in [2.24, 2.45) is 0 Å². The fourth-order valence-corrected chi connectivity index (χ4v) is 3.74. The highest BCUT2D eigenvalue weighted by Crippen LogP contribution is 2.33. The first-order valence-electron chi connectivity index (χ1n) is 11.0. The van der Waals surface area contributed by atoms with E-state index in [1.165, 1.54) is 4.90 Å². The molecule has 1 aromatic carbocycles. The highest BCUT2D eigenvalue weighted by molar-refractivity contribution is 6.35. The first-order valence-corrected chi connectivity index (χ1v) is 11.0. The molecule has 2 heterocycles. The summed E-state index contributed by atoms with van der Waals surface area (Å²) in [5.74, 6) is 0.299. The Morgan fingerprint density at radius 2 is 1.68 bits per heavy atom. The molecule has 3 rings (SSSR count). The molecular formula is C25H31N3O3. The number of hydrogen-bond donors (Lipinski definition) is 0. The highest BCUT2D eigenvalue weighted by atomic mass is 16.5. The number of ether oxygens (including phenoxy) is 1. The van der Waals surface area contributed by atoms with Crippen LogP contribution < -0.4 is 4.74 Å². The second-order valence-corrected chi connectivity index (χ2v) is 7.86. The minimum absolute atomic E-state index is 0.210. The number of rotatable bonds is 10. The predicted molar refractivity (Wildman–Crippen MR) is 121 cm³/mol. The average Bonchev–Trinajstić information content (AvgIpc) is 3.04. The molecule has 1 aliphatic rings. The minimum atomic E-state index is -0.236. The second-order valence-electron chi connectivity index (χ2n) is 7.86. The van der Waals surface area contributed by atoms with Crippen molar-refractivity contribution in [3.63, 3.8) is 0 Å². The lowest BCUT2D eigenvalue weighted by Crippen LogP contribution is -2.40. The third-order valence-electron chi connectivity index (χ3n) is 5.34. The molecule has 2 amide bonds. The first-order chi connectivity index (χ1) is 15.0. The van der Waals surface area contributed by atoms with Crippen LogP contribution in [0.5, 0.6) is 5.75 Å². The molecule has 6 nitrogen and oxygen atoms in total. The van der Waals surface area contributed by atoms with Crippen molar-refractivity contribution in [2.75, 3.05) is 19.7 Å². The first kappa shape index (κ1) is 22.5. The molecule has 0 unspecified atom stereocenters. The van der Waals surface area contributed by atoms with Crippen LogP contribution in [0.2, 0.25) is 0 Å². The maximum absolute atomic E-state index is 13.3. The van der Waals surface area contributed by atoms with Crippen LogP contribution in [0.3, 0.4) is 0 Å². The molecule has 0 fully saturated rings. The van der Waals surface area contributed by atoms with Gasteiger partial charge in [-0.1, -0.05) is 19.1 Å². The van der Waals surface area contributed by atoms with Crippen molar-refractivity contribution >= 4 is 17.4 Å². The molecule has 0 bridgehead atoms. The number of pyridine rings is 1. The molecule has 0 N–H and O–H groups in total. The zero-order valence-corrected chi connectivity index (χ0v) is 18.8. The molecule has 0 saturated heterocycles. The van der Waals surface area contributed by atoms with E-state index in [0.29, 0.717) is 31.0 Å². The number of imide groups is 1. The van der Waals surface area contributed by atoms with Gasteiger partial charge in [-0.3, -0.25) is 19.5 Å². The Labute approximate surface area is 184 Å². The van der Waals surface area contributed by atoms with E-state index in [-0.39, 0.29) is 17.9 Å². The summed E-state index contributed by atoms with van der Waals surface area (Å²) < 4.78 is 5.67. The summed E-state index contributed by atoms with van der Waals surface area (Å²) >= 11 is 0. The van der Waals surface area contributed by atoms with Gasteiger partial charge < -0.3 is 9.64 Å². The number of benzene rings is 1. The number of carbonyl (C=O) groups excluding carboxylic acids is 2. The van der Waals surface area contributed by atoms with Gasteiger partial charge in [0.25, 0.3) is 11.8 Å².